The van der Waals surface area contributed by atoms with E-state index in [0.717, 1.165) is 15.1 Å². The van der Waals surface area contributed by atoms with Crippen molar-refractivity contribution in [3.63, 3.8) is 0 Å². The third-order valence-electron chi connectivity index (χ3n) is 4.25. The fourth-order valence-electron chi connectivity index (χ4n) is 2.67. The number of halogens is 1. The van der Waals surface area contributed by atoms with Crippen LogP contribution in [0.4, 0.5) is 10.1 Å². The summed E-state index contributed by atoms with van der Waals surface area (Å²) in [6.45, 7) is 1.23. The van der Waals surface area contributed by atoms with Crippen LogP contribution in [0.15, 0.2) is 65.6 Å². The van der Waals surface area contributed by atoms with Gasteiger partial charge >= 0.3 is 0 Å². The van der Waals surface area contributed by atoms with Gasteiger partial charge in [-0.15, -0.1) is 0 Å². The molecule has 0 fully saturated rings. The van der Waals surface area contributed by atoms with Gasteiger partial charge in [-0.3, -0.25) is 4.79 Å². The summed E-state index contributed by atoms with van der Waals surface area (Å²) in [6, 6.07) is 16.6. The lowest BCUT2D eigenvalue weighted by atomic mass is 10.1. The maximum Gasteiger partial charge on any atom is 0.243 e. The first-order chi connectivity index (χ1) is 12.8. The highest BCUT2D eigenvalue weighted by Crippen LogP contribution is 2.21. The Morgan fingerprint density at radius 1 is 1.04 bits per heavy atom. The molecule has 0 aliphatic rings. The van der Waals surface area contributed by atoms with Crippen molar-refractivity contribution in [2.45, 2.75) is 11.8 Å². The van der Waals surface area contributed by atoms with Crippen molar-refractivity contribution in [3.05, 3.63) is 72.0 Å². The first kappa shape index (κ1) is 19.0. The zero-order valence-electron chi connectivity index (χ0n) is 14.9. The van der Waals surface area contributed by atoms with Gasteiger partial charge in [0, 0.05) is 12.7 Å². The largest absolute Gasteiger partial charge is 0.325 e. The summed E-state index contributed by atoms with van der Waals surface area (Å²) in [7, 11) is -2.50. The molecule has 1 N–H and O–H groups in total. The maximum atomic E-state index is 13.6. The highest BCUT2D eigenvalue weighted by Gasteiger charge is 2.23. The third kappa shape index (κ3) is 4.15. The van der Waals surface area contributed by atoms with E-state index in [4.69, 9.17) is 0 Å². The van der Waals surface area contributed by atoms with Crippen LogP contribution in [0.2, 0.25) is 0 Å². The molecular formula is C20H19FN2O3S. The Balaban J connectivity index is 1.75. The second-order valence-corrected chi connectivity index (χ2v) is 8.33. The molecule has 7 heteroatoms. The molecular weight excluding hydrogens is 367 g/mol. The highest BCUT2D eigenvalue weighted by atomic mass is 32.2. The lowest BCUT2D eigenvalue weighted by Crippen LogP contribution is -2.35. The second-order valence-electron chi connectivity index (χ2n) is 6.28. The van der Waals surface area contributed by atoms with E-state index in [0.29, 0.717) is 5.56 Å². The van der Waals surface area contributed by atoms with E-state index in [1.54, 1.807) is 31.2 Å². The number of aryl methyl sites for hydroxylation is 1. The van der Waals surface area contributed by atoms with Crippen LogP contribution in [0.25, 0.3) is 10.8 Å². The Bertz CT molecular complexity index is 1110. The van der Waals surface area contributed by atoms with Crippen LogP contribution < -0.4 is 5.32 Å². The van der Waals surface area contributed by atoms with Gasteiger partial charge in [0.15, 0.2) is 0 Å². The second kappa shape index (κ2) is 7.46. The van der Waals surface area contributed by atoms with Gasteiger partial charge in [-0.05, 0) is 47.5 Å². The molecule has 0 radical (unpaired) electrons. The summed E-state index contributed by atoms with van der Waals surface area (Å²) in [5.74, 6) is -0.991. The van der Waals surface area contributed by atoms with Crippen LogP contribution >= 0.6 is 0 Å². The van der Waals surface area contributed by atoms with Gasteiger partial charge in [0.05, 0.1) is 11.4 Å². The molecule has 0 aromatic heterocycles. The summed E-state index contributed by atoms with van der Waals surface area (Å²) in [4.78, 5) is 12.3. The van der Waals surface area contributed by atoms with Crippen LogP contribution in [0.3, 0.4) is 0 Å². The smallest absolute Gasteiger partial charge is 0.243 e. The van der Waals surface area contributed by atoms with Gasteiger partial charge < -0.3 is 5.32 Å². The molecule has 0 saturated heterocycles. The number of nitrogens with zero attached hydrogens (tertiary/aromatic N) is 1. The third-order valence-corrected chi connectivity index (χ3v) is 6.05. The highest BCUT2D eigenvalue weighted by molar-refractivity contribution is 7.89. The molecule has 0 aliphatic heterocycles. The summed E-state index contributed by atoms with van der Waals surface area (Å²) >= 11 is 0. The average Bonchev–Trinajstić information content (AvgIpc) is 2.64. The van der Waals surface area contributed by atoms with Crippen molar-refractivity contribution in [2.75, 3.05) is 18.9 Å². The van der Waals surface area contributed by atoms with E-state index in [-0.39, 0.29) is 17.1 Å². The number of amides is 1. The predicted molar refractivity (Wildman–Crippen MR) is 104 cm³/mol. The summed E-state index contributed by atoms with van der Waals surface area (Å²) < 4.78 is 40.0. The molecule has 0 bridgehead atoms. The zero-order valence-corrected chi connectivity index (χ0v) is 15.8. The van der Waals surface area contributed by atoms with Gasteiger partial charge in [-0.2, -0.15) is 4.31 Å². The maximum absolute atomic E-state index is 13.6. The van der Waals surface area contributed by atoms with Gasteiger partial charge in [0.2, 0.25) is 15.9 Å². The van der Waals surface area contributed by atoms with Crippen molar-refractivity contribution in [3.8, 4) is 0 Å². The molecule has 27 heavy (non-hydrogen) atoms. The number of carbonyl (C=O) groups is 1. The average molecular weight is 386 g/mol. The lowest BCUT2D eigenvalue weighted by Gasteiger charge is -2.17. The molecule has 0 unspecified atom stereocenters. The normalized spacial score (nSPS) is 11.7. The van der Waals surface area contributed by atoms with Crippen LogP contribution in [0, 0.1) is 12.7 Å². The number of nitrogens with one attached hydrogen (secondary N) is 1. The van der Waals surface area contributed by atoms with E-state index in [1.165, 1.54) is 19.2 Å². The van der Waals surface area contributed by atoms with Crippen molar-refractivity contribution in [1.82, 2.24) is 4.31 Å². The number of carbonyl (C=O) groups excluding carboxylic acids is 1. The number of hydrogen-bond donors (Lipinski definition) is 1. The van der Waals surface area contributed by atoms with Crippen molar-refractivity contribution < 1.29 is 17.6 Å². The molecule has 1 amide bonds. The quantitative estimate of drug-likeness (QED) is 0.729. The number of sulfonamides is 1. The summed E-state index contributed by atoms with van der Waals surface area (Å²) in [5.41, 5.74) is 0.739. The van der Waals surface area contributed by atoms with Crippen LogP contribution in [0.1, 0.15) is 5.56 Å². The zero-order chi connectivity index (χ0) is 19.6. The van der Waals surface area contributed by atoms with E-state index >= 15 is 0 Å². The molecule has 3 rings (SSSR count). The molecule has 3 aromatic carbocycles. The molecule has 0 spiro atoms. The Hall–Kier alpha value is -2.77. The number of likely N-dealkylation sites (N-methyl/N-ethyl adjacent to an activating group) is 1. The minimum atomic E-state index is -3.83. The monoisotopic (exact) mass is 386 g/mol. The van der Waals surface area contributed by atoms with Crippen molar-refractivity contribution in [1.29, 1.82) is 0 Å². The summed E-state index contributed by atoms with van der Waals surface area (Å²) in [5, 5.41) is 4.24. The predicted octanol–water partition coefficient (Wildman–Crippen LogP) is 3.55. The summed E-state index contributed by atoms with van der Waals surface area (Å²) in [6.07, 6.45) is 0. The van der Waals surface area contributed by atoms with E-state index in [1.807, 2.05) is 24.3 Å². The van der Waals surface area contributed by atoms with E-state index < -0.39 is 21.7 Å². The number of hydrogen-bond acceptors (Lipinski definition) is 3. The molecule has 5 nitrogen and oxygen atoms in total. The van der Waals surface area contributed by atoms with Gasteiger partial charge in [0.25, 0.3) is 0 Å². The van der Waals surface area contributed by atoms with E-state index in [2.05, 4.69) is 5.32 Å². The van der Waals surface area contributed by atoms with Gasteiger partial charge in [-0.1, -0.05) is 36.4 Å². The molecule has 0 atom stereocenters. The Labute approximate surface area is 157 Å². The first-order valence-electron chi connectivity index (χ1n) is 8.28. The van der Waals surface area contributed by atoms with E-state index in [9.17, 15) is 17.6 Å². The van der Waals surface area contributed by atoms with Crippen LogP contribution in [0.5, 0.6) is 0 Å². The number of anilines is 1. The van der Waals surface area contributed by atoms with Crippen molar-refractivity contribution in [2.24, 2.45) is 0 Å². The standard InChI is InChI=1S/C20H19FN2O3S/c1-14-7-9-17(12-19(14)21)22-20(24)13-23(2)27(25,26)18-10-8-15-5-3-4-6-16(15)11-18/h3-12H,13H2,1-2H3,(H,22,24). The van der Waals surface area contributed by atoms with Crippen LogP contribution in [-0.4, -0.2) is 32.2 Å². The Morgan fingerprint density at radius 3 is 2.44 bits per heavy atom. The molecule has 140 valence electrons. The fraction of sp³-hybridized carbons (Fsp3) is 0.150. The molecule has 3 aromatic rings. The minimum absolute atomic E-state index is 0.109. The molecule has 0 heterocycles. The van der Waals surface area contributed by atoms with Gasteiger partial charge in [-0.25, -0.2) is 12.8 Å². The topological polar surface area (TPSA) is 66.5 Å². The Kier molecular flexibility index (Phi) is 5.25. The SMILES string of the molecule is Cc1ccc(NC(=O)CN(C)S(=O)(=O)c2ccc3ccccc3c2)cc1F. The first-order valence-corrected chi connectivity index (χ1v) is 9.72. The molecule has 0 saturated carbocycles. The number of fused-ring (bicyclic) bond motifs is 1. The Morgan fingerprint density at radius 2 is 1.74 bits per heavy atom. The minimum Gasteiger partial charge on any atom is -0.325 e. The fourth-order valence-corrected chi connectivity index (χ4v) is 3.83. The van der Waals surface area contributed by atoms with Gasteiger partial charge in [0.1, 0.15) is 5.82 Å². The molecule has 0 aliphatic carbocycles. The van der Waals surface area contributed by atoms with Crippen LogP contribution in [-0.2, 0) is 14.8 Å². The van der Waals surface area contributed by atoms with Crippen molar-refractivity contribution >= 4 is 32.4 Å². The lowest BCUT2D eigenvalue weighted by molar-refractivity contribution is -0.116. The number of benzene rings is 3. The number of rotatable bonds is 5.